The molecule has 0 radical (unpaired) electrons. The fourth-order valence-electron chi connectivity index (χ4n) is 2.90. The number of hydrogen-bond donors (Lipinski definition) is 3. The number of carboxylic acids is 2. The highest BCUT2D eigenvalue weighted by Gasteiger charge is 2.21. The summed E-state index contributed by atoms with van der Waals surface area (Å²) in [5.74, 6) is -1.70. The molecule has 0 aliphatic carbocycles. The third kappa shape index (κ3) is 4.73. The first kappa shape index (κ1) is 20.6. The van der Waals surface area contributed by atoms with Crippen molar-refractivity contribution >= 4 is 54.5 Å². The number of halogens is 2. The van der Waals surface area contributed by atoms with Gasteiger partial charge >= 0.3 is 11.9 Å². The number of allylic oxidation sites excluding steroid dienone is 2. The second-order valence-electron chi connectivity index (χ2n) is 6.08. The number of aliphatic imine (C=N–C) groups is 1. The van der Waals surface area contributed by atoms with Gasteiger partial charge in [0.15, 0.2) is 0 Å². The lowest BCUT2D eigenvalue weighted by Gasteiger charge is -2.05. The van der Waals surface area contributed by atoms with Crippen LogP contribution in [0, 0.1) is 6.92 Å². The van der Waals surface area contributed by atoms with Crippen LogP contribution in [-0.2, 0) is 21.3 Å². The van der Waals surface area contributed by atoms with E-state index in [9.17, 15) is 9.59 Å². The molecular weight excluding hydrogens is 468 g/mol. The van der Waals surface area contributed by atoms with Crippen molar-refractivity contribution in [3.63, 3.8) is 0 Å². The average Bonchev–Trinajstić information content (AvgIpc) is 3.00. The van der Waals surface area contributed by atoms with Crippen LogP contribution in [0.1, 0.15) is 48.7 Å². The molecule has 0 aromatic carbocycles. The zero-order valence-electron chi connectivity index (χ0n) is 14.5. The summed E-state index contributed by atoms with van der Waals surface area (Å²) in [5.41, 5.74) is 6.30. The van der Waals surface area contributed by atoms with Crippen LogP contribution in [0.25, 0.3) is 6.08 Å². The number of alkyl halides is 1. The van der Waals surface area contributed by atoms with Crippen molar-refractivity contribution in [2.45, 2.75) is 44.9 Å². The number of aliphatic carboxylic acids is 2. The monoisotopic (exact) mass is 486 g/mol. The third-order valence-electron chi connectivity index (χ3n) is 4.40. The molecule has 1 aliphatic heterocycles. The quantitative estimate of drug-likeness (QED) is 0.467. The Labute approximate surface area is 168 Å². The first-order valence-corrected chi connectivity index (χ1v) is 10.0. The number of nitrogens with one attached hydrogen (secondary N) is 1. The van der Waals surface area contributed by atoms with E-state index >= 15 is 0 Å². The molecule has 0 spiro atoms. The Morgan fingerprint density at radius 2 is 1.77 bits per heavy atom. The van der Waals surface area contributed by atoms with Gasteiger partial charge in [0.1, 0.15) is 4.62 Å². The van der Waals surface area contributed by atoms with Crippen molar-refractivity contribution < 1.29 is 19.8 Å². The first-order chi connectivity index (χ1) is 12.2. The second kappa shape index (κ2) is 8.81. The highest BCUT2D eigenvalue weighted by Crippen LogP contribution is 2.34. The lowest BCUT2D eigenvalue weighted by molar-refractivity contribution is -0.138. The molecule has 0 bridgehead atoms. The molecule has 140 valence electrons. The normalized spacial score (nSPS) is 15.7. The van der Waals surface area contributed by atoms with Crippen molar-refractivity contribution in [2.24, 2.45) is 4.99 Å². The van der Waals surface area contributed by atoms with Gasteiger partial charge in [-0.25, -0.2) is 4.99 Å². The standard InChI is InChI=1S/C18H20Br2N2O4/c1-9-11(3-5-16(23)24)13(21-15(9)8-19)7-14-12(4-6-17(25)26)10(2)18(20)22-14/h7,21H,3-6,8H2,1-2H3,(H,23,24)(H,25,26)/b14-7-. The van der Waals surface area contributed by atoms with E-state index in [1.54, 1.807) is 0 Å². The van der Waals surface area contributed by atoms with Crippen LogP contribution in [0.2, 0.25) is 0 Å². The summed E-state index contributed by atoms with van der Waals surface area (Å²) >= 11 is 6.86. The zero-order chi connectivity index (χ0) is 19.4. The molecule has 2 heterocycles. The van der Waals surface area contributed by atoms with Crippen molar-refractivity contribution in [2.75, 3.05) is 0 Å². The predicted molar refractivity (Wildman–Crippen MR) is 108 cm³/mol. The molecule has 1 aliphatic rings. The molecule has 0 saturated heterocycles. The Morgan fingerprint density at radius 1 is 1.15 bits per heavy atom. The van der Waals surface area contributed by atoms with Gasteiger partial charge < -0.3 is 15.2 Å². The summed E-state index contributed by atoms with van der Waals surface area (Å²) in [7, 11) is 0. The SMILES string of the molecule is CC1=C(CCC(=O)O)/C(=C/c2[nH]c(CBr)c(C)c2CCC(=O)O)N=C1Br. The smallest absolute Gasteiger partial charge is 0.303 e. The predicted octanol–water partition coefficient (Wildman–Crippen LogP) is 4.56. The maximum Gasteiger partial charge on any atom is 0.303 e. The number of hydrogen-bond acceptors (Lipinski definition) is 3. The number of carboxylic acid groups (broad SMARTS) is 2. The molecule has 0 saturated carbocycles. The molecule has 0 amide bonds. The number of carbonyl (C=O) groups is 2. The van der Waals surface area contributed by atoms with Crippen LogP contribution in [0.4, 0.5) is 0 Å². The number of aromatic nitrogens is 1. The summed E-state index contributed by atoms with van der Waals surface area (Å²) in [6, 6.07) is 0. The first-order valence-electron chi connectivity index (χ1n) is 8.10. The van der Waals surface area contributed by atoms with Gasteiger partial charge in [0.2, 0.25) is 0 Å². The lowest BCUT2D eigenvalue weighted by atomic mass is 10.0. The van der Waals surface area contributed by atoms with E-state index in [-0.39, 0.29) is 12.8 Å². The van der Waals surface area contributed by atoms with Crippen LogP contribution < -0.4 is 0 Å². The number of aromatic amines is 1. The van der Waals surface area contributed by atoms with Gasteiger partial charge in [-0.3, -0.25) is 9.59 Å². The van der Waals surface area contributed by atoms with Crippen molar-refractivity contribution in [1.82, 2.24) is 4.98 Å². The number of rotatable bonds is 8. The highest BCUT2D eigenvalue weighted by molar-refractivity contribution is 9.18. The van der Waals surface area contributed by atoms with Crippen LogP contribution in [0.5, 0.6) is 0 Å². The maximum atomic E-state index is 11.0. The molecule has 1 aromatic rings. The topological polar surface area (TPSA) is 103 Å². The maximum absolute atomic E-state index is 11.0. The number of nitrogens with zero attached hydrogens (tertiary/aromatic N) is 1. The van der Waals surface area contributed by atoms with Crippen LogP contribution in [0.3, 0.4) is 0 Å². The average molecular weight is 488 g/mol. The minimum atomic E-state index is -0.855. The van der Waals surface area contributed by atoms with Gasteiger partial charge in [-0.2, -0.15) is 0 Å². The van der Waals surface area contributed by atoms with E-state index in [1.165, 1.54) is 0 Å². The van der Waals surface area contributed by atoms with Crippen LogP contribution >= 0.6 is 31.9 Å². The molecule has 26 heavy (non-hydrogen) atoms. The van der Waals surface area contributed by atoms with E-state index in [1.807, 2.05) is 19.9 Å². The summed E-state index contributed by atoms with van der Waals surface area (Å²) in [5, 5.41) is 18.6. The third-order valence-corrected chi connectivity index (χ3v) is 5.73. The van der Waals surface area contributed by atoms with E-state index in [0.29, 0.717) is 28.5 Å². The highest BCUT2D eigenvalue weighted by atomic mass is 79.9. The molecule has 2 rings (SSSR count). The Bertz CT molecular complexity index is 834. The van der Waals surface area contributed by atoms with Gasteiger partial charge in [0.05, 0.1) is 5.70 Å². The van der Waals surface area contributed by atoms with Crippen LogP contribution in [-0.4, -0.2) is 31.8 Å². The Kier molecular flexibility index (Phi) is 7.00. The van der Waals surface area contributed by atoms with Crippen molar-refractivity contribution in [3.05, 3.63) is 39.4 Å². The van der Waals surface area contributed by atoms with Gasteiger partial charge in [-0.05, 0) is 71.0 Å². The summed E-state index contributed by atoms with van der Waals surface area (Å²) < 4.78 is 0.695. The molecule has 0 unspecified atom stereocenters. The van der Waals surface area contributed by atoms with Gasteiger partial charge in [0, 0.05) is 29.6 Å². The minimum absolute atomic E-state index is 0.0298. The van der Waals surface area contributed by atoms with E-state index in [0.717, 1.165) is 33.7 Å². The Balaban J connectivity index is 2.43. The molecule has 0 fully saturated rings. The molecule has 1 aromatic heterocycles. The van der Waals surface area contributed by atoms with E-state index in [4.69, 9.17) is 10.2 Å². The molecule has 3 N–H and O–H groups in total. The van der Waals surface area contributed by atoms with Crippen molar-refractivity contribution in [3.8, 4) is 0 Å². The number of H-pyrrole nitrogens is 1. The largest absolute Gasteiger partial charge is 0.481 e. The minimum Gasteiger partial charge on any atom is -0.481 e. The Hall–Kier alpha value is -1.67. The molecule has 6 nitrogen and oxygen atoms in total. The molecule has 0 atom stereocenters. The lowest BCUT2D eigenvalue weighted by Crippen LogP contribution is -2.00. The summed E-state index contributed by atoms with van der Waals surface area (Å²) in [6.45, 7) is 3.87. The summed E-state index contributed by atoms with van der Waals surface area (Å²) in [6.07, 6.45) is 2.76. The van der Waals surface area contributed by atoms with Crippen LogP contribution in [0.15, 0.2) is 21.8 Å². The molecular formula is C18H20Br2N2O4. The van der Waals surface area contributed by atoms with Gasteiger partial charge in [-0.1, -0.05) is 15.9 Å². The summed E-state index contributed by atoms with van der Waals surface area (Å²) in [4.78, 5) is 29.7. The van der Waals surface area contributed by atoms with Crippen molar-refractivity contribution in [1.29, 1.82) is 0 Å². The van der Waals surface area contributed by atoms with Gasteiger partial charge in [0.25, 0.3) is 0 Å². The fraction of sp³-hybridized carbons (Fsp3) is 0.389. The fourth-order valence-corrected chi connectivity index (χ4v) is 3.90. The van der Waals surface area contributed by atoms with Gasteiger partial charge in [-0.15, -0.1) is 0 Å². The Morgan fingerprint density at radius 3 is 2.35 bits per heavy atom. The van der Waals surface area contributed by atoms with E-state index < -0.39 is 11.9 Å². The molecule has 8 heteroatoms. The second-order valence-corrected chi connectivity index (χ2v) is 7.39. The zero-order valence-corrected chi connectivity index (χ0v) is 17.7. The van der Waals surface area contributed by atoms with E-state index in [2.05, 4.69) is 41.8 Å².